The lowest BCUT2D eigenvalue weighted by atomic mass is 10.2. The number of aryl methyl sites for hydroxylation is 1. The van der Waals surface area contributed by atoms with E-state index in [4.69, 9.17) is 13.9 Å². The number of fused-ring (bicyclic) bond motifs is 2. The van der Waals surface area contributed by atoms with E-state index in [1.165, 1.54) is 24.3 Å². The molecule has 1 aliphatic rings. The molecule has 0 bridgehead atoms. The van der Waals surface area contributed by atoms with Gasteiger partial charge in [-0.3, -0.25) is 9.52 Å². The molecular formula is C24H21N3O6S. The maximum absolute atomic E-state index is 12.8. The molecule has 2 N–H and O–H groups in total. The molecule has 2 heterocycles. The molecule has 5 rings (SSSR count). The molecule has 0 atom stereocenters. The zero-order chi connectivity index (χ0) is 23.7. The van der Waals surface area contributed by atoms with Crippen molar-refractivity contribution in [3.05, 3.63) is 72.1 Å². The Balaban J connectivity index is 1.28. The lowest BCUT2D eigenvalue weighted by Crippen LogP contribution is -2.17. The zero-order valence-electron chi connectivity index (χ0n) is 18.2. The number of nitrogens with one attached hydrogen (secondary N) is 2. The van der Waals surface area contributed by atoms with Crippen LogP contribution >= 0.6 is 0 Å². The Labute approximate surface area is 195 Å². The van der Waals surface area contributed by atoms with Crippen molar-refractivity contribution < 1.29 is 27.1 Å². The van der Waals surface area contributed by atoms with Crippen LogP contribution in [0.15, 0.2) is 70.0 Å². The third-order valence-corrected chi connectivity index (χ3v) is 6.59. The molecule has 34 heavy (non-hydrogen) atoms. The lowest BCUT2D eigenvalue weighted by molar-refractivity contribution is 0.102. The van der Waals surface area contributed by atoms with Gasteiger partial charge < -0.3 is 19.2 Å². The maximum Gasteiger partial charge on any atom is 0.262 e. The molecule has 0 radical (unpaired) electrons. The van der Waals surface area contributed by atoms with Gasteiger partial charge in [0.05, 0.1) is 4.90 Å². The molecule has 0 unspecified atom stereocenters. The molecule has 9 nitrogen and oxygen atoms in total. The SMILES string of the molecule is CCc1nc2cc(NC(=O)c3ccc(NS(=O)(=O)c4ccc5c(c4)OCCO5)cc3)ccc2o1. The fourth-order valence-corrected chi connectivity index (χ4v) is 4.58. The monoisotopic (exact) mass is 479 g/mol. The van der Waals surface area contributed by atoms with Gasteiger partial charge in [-0.25, -0.2) is 13.4 Å². The highest BCUT2D eigenvalue weighted by molar-refractivity contribution is 7.92. The van der Waals surface area contributed by atoms with Crippen molar-refractivity contribution in [3.8, 4) is 11.5 Å². The highest BCUT2D eigenvalue weighted by Gasteiger charge is 2.20. The van der Waals surface area contributed by atoms with E-state index in [0.29, 0.717) is 65.1 Å². The molecule has 0 aliphatic carbocycles. The second-order valence-electron chi connectivity index (χ2n) is 7.59. The summed E-state index contributed by atoms with van der Waals surface area (Å²) in [6.45, 7) is 2.74. The van der Waals surface area contributed by atoms with Crippen molar-refractivity contribution in [2.24, 2.45) is 0 Å². The first-order valence-corrected chi connectivity index (χ1v) is 12.1. The molecule has 0 saturated carbocycles. The van der Waals surface area contributed by atoms with Gasteiger partial charge in [0.15, 0.2) is 23.0 Å². The van der Waals surface area contributed by atoms with Gasteiger partial charge in [0.25, 0.3) is 15.9 Å². The fraction of sp³-hybridized carbons (Fsp3) is 0.167. The van der Waals surface area contributed by atoms with Crippen LogP contribution in [-0.4, -0.2) is 32.5 Å². The average Bonchev–Trinajstić information content (AvgIpc) is 3.26. The molecular weight excluding hydrogens is 458 g/mol. The van der Waals surface area contributed by atoms with Crippen LogP contribution in [0.25, 0.3) is 11.1 Å². The Bertz CT molecular complexity index is 1480. The predicted molar refractivity (Wildman–Crippen MR) is 126 cm³/mol. The highest BCUT2D eigenvalue weighted by atomic mass is 32.2. The number of anilines is 2. The van der Waals surface area contributed by atoms with Crippen molar-refractivity contribution >= 4 is 38.4 Å². The van der Waals surface area contributed by atoms with Crippen molar-refractivity contribution in [1.82, 2.24) is 4.98 Å². The van der Waals surface area contributed by atoms with E-state index in [0.717, 1.165) is 0 Å². The van der Waals surface area contributed by atoms with E-state index >= 15 is 0 Å². The van der Waals surface area contributed by atoms with Gasteiger partial charge in [0, 0.05) is 29.4 Å². The first-order chi connectivity index (χ1) is 16.4. The second-order valence-corrected chi connectivity index (χ2v) is 9.27. The van der Waals surface area contributed by atoms with Crippen LogP contribution in [0.1, 0.15) is 23.2 Å². The Kier molecular flexibility index (Phi) is 5.58. The number of hydrogen-bond acceptors (Lipinski definition) is 7. The van der Waals surface area contributed by atoms with Crippen LogP contribution in [-0.2, 0) is 16.4 Å². The summed E-state index contributed by atoms with van der Waals surface area (Å²) in [5, 5.41) is 2.82. The molecule has 10 heteroatoms. The summed E-state index contributed by atoms with van der Waals surface area (Å²) in [7, 11) is -3.85. The number of sulfonamides is 1. The van der Waals surface area contributed by atoms with Crippen LogP contribution in [0.4, 0.5) is 11.4 Å². The molecule has 3 aromatic carbocycles. The fourth-order valence-electron chi connectivity index (χ4n) is 3.50. The first kappa shape index (κ1) is 21.8. The smallest absolute Gasteiger partial charge is 0.262 e. The van der Waals surface area contributed by atoms with Gasteiger partial charge in [0.2, 0.25) is 0 Å². The lowest BCUT2D eigenvalue weighted by Gasteiger charge is -2.19. The van der Waals surface area contributed by atoms with Crippen LogP contribution in [0.2, 0.25) is 0 Å². The summed E-state index contributed by atoms with van der Waals surface area (Å²) in [4.78, 5) is 17.1. The standard InChI is InChI=1S/C24H21N3O6S/c1-2-23-26-19-13-17(7-9-20(19)33-23)25-24(28)15-3-5-16(6-4-15)27-34(29,30)18-8-10-21-22(14-18)32-12-11-31-21/h3-10,13-14,27H,2,11-12H2,1H3,(H,25,28). The predicted octanol–water partition coefficient (Wildman–Crippen LogP) is 4.21. The minimum absolute atomic E-state index is 0.0491. The summed E-state index contributed by atoms with van der Waals surface area (Å²) in [6.07, 6.45) is 0.682. The van der Waals surface area contributed by atoms with E-state index in [1.54, 1.807) is 36.4 Å². The van der Waals surface area contributed by atoms with Crippen LogP contribution in [0.3, 0.4) is 0 Å². The summed E-state index contributed by atoms with van der Waals surface area (Å²) in [6, 6.07) is 15.8. The topological polar surface area (TPSA) is 120 Å². The summed E-state index contributed by atoms with van der Waals surface area (Å²) >= 11 is 0. The first-order valence-electron chi connectivity index (χ1n) is 10.6. The molecule has 4 aromatic rings. The summed E-state index contributed by atoms with van der Waals surface area (Å²) in [5.41, 5.74) is 2.60. The zero-order valence-corrected chi connectivity index (χ0v) is 19.0. The largest absolute Gasteiger partial charge is 0.486 e. The van der Waals surface area contributed by atoms with Gasteiger partial charge in [-0.2, -0.15) is 0 Å². The molecule has 0 spiro atoms. The summed E-state index contributed by atoms with van der Waals surface area (Å²) < 4.78 is 44.5. The van der Waals surface area contributed by atoms with Gasteiger partial charge in [-0.1, -0.05) is 6.92 Å². The molecule has 0 saturated heterocycles. The Morgan fingerprint density at radius 1 is 0.941 bits per heavy atom. The number of amides is 1. The van der Waals surface area contributed by atoms with E-state index in [1.807, 2.05) is 6.92 Å². The highest BCUT2D eigenvalue weighted by Crippen LogP contribution is 2.32. The van der Waals surface area contributed by atoms with Crippen molar-refractivity contribution in [2.45, 2.75) is 18.2 Å². The van der Waals surface area contributed by atoms with Gasteiger partial charge in [0.1, 0.15) is 18.7 Å². The molecule has 174 valence electrons. The Morgan fingerprint density at radius 2 is 1.68 bits per heavy atom. The number of ether oxygens (including phenoxy) is 2. The van der Waals surface area contributed by atoms with Gasteiger partial charge >= 0.3 is 0 Å². The van der Waals surface area contributed by atoms with E-state index in [-0.39, 0.29) is 10.8 Å². The van der Waals surface area contributed by atoms with Crippen LogP contribution < -0.4 is 19.5 Å². The number of nitrogens with zero attached hydrogens (tertiary/aromatic N) is 1. The van der Waals surface area contributed by atoms with Crippen molar-refractivity contribution in [2.75, 3.05) is 23.3 Å². The van der Waals surface area contributed by atoms with Gasteiger partial charge in [-0.05, 0) is 54.6 Å². The van der Waals surface area contributed by atoms with E-state index in [2.05, 4.69) is 15.0 Å². The minimum atomic E-state index is -3.85. The van der Waals surface area contributed by atoms with E-state index < -0.39 is 10.0 Å². The number of rotatable bonds is 6. The number of benzene rings is 3. The Morgan fingerprint density at radius 3 is 2.44 bits per heavy atom. The molecule has 0 fully saturated rings. The normalized spacial score (nSPS) is 13.0. The van der Waals surface area contributed by atoms with E-state index in [9.17, 15) is 13.2 Å². The van der Waals surface area contributed by atoms with Crippen LogP contribution in [0.5, 0.6) is 11.5 Å². The maximum atomic E-state index is 12.8. The van der Waals surface area contributed by atoms with Crippen molar-refractivity contribution in [3.63, 3.8) is 0 Å². The average molecular weight is 480 g/mol. The number of carbonyl (C=O) groups is 1. The number of carbonyl (C=O) groups excluding carboxylic acids is 1. The Hall–Kier alpha value is -4.05. The minimum Gasteiger partial charge on any atom is -0.486 e. The second kappa shape index (κ2) is 8.71. The summed E-state index contributed by atoms with van der Waals surface area (Å²) in [5.74, 6) is 1.19. The third kappa shape index (κ3) is 4.40. The number of aromatic nitrogens is 1. The quantitative estimate of drug-likeness (QED) is 0.425. The molecule has 1 amide bonds. The van der Waals surface area contributed by atoms with Gasteiger partial charge in [-0.15, -0.1) is 0 Å². The number of hydrogen-bond donors (Lipinski definition) is 2. The van der Waals surface area contributed by atoms with Crippen molar-refractivity contribution in [1.29, 1.82) is 0 Å². The molecule has 1 aliphatic heterocycles. The van der Waals surface area contributed by atoms with Crippen LogP contribution in [0, 0.1) is 0 Å². The number of oxazole rings is 1. The third-order valence-electron chi connectivity index (χ3n) is 5.22. The molecule has 1 aromatic heterocycles.